The Balaban J connectivity index is 4.88. The molecule has 0 fully saturated rings. The molecule has 0 aromatic heterocycles. The van der Waals surface area contributed by atoms with Crippen LogP contribution in [0.4, 0.5) is 0 Å². The highest BCUT2D eigenvalue weighted by Crippen LogP contribution is 2.39. The highest BCUT2D eigenvalue weighted by atomic mass is 32.2. The van der Waals surface area contributed by atoms with Crippen LogP contribution in [0, 0.1) is 10.8 Å². The van der Waals surface area contributed by atoms with Gasteiger partial charge >= 0.3 is 5.97 Å². The van der Waals surface area contributed by atoms with E-state index in [0.29, 0.717) is 6.42 Å². The third-order valence-corrected chi connectivity index (χ3v) is 4.10. The molecule has 0 radical (unpaired) electrons. The molecular weight excluding hydrogens is 292 g/mol. The van der Waals surface area contributed by atoms with Gasteiger partial charge in [0.05, 0.1) is 6.26 Å². The zero-order valence-electron chi connectivity index (χ0n) is 14.4. The second-order valence-electron chi connectivity index (χ2n) is 7.29. The predicted octanol–water partition coefficient (Wildman–Crippen LogP) is 3.14. The molecule has 0 aliphatic carbocycles. The average Bonchev–Trinajstić information content (AvgIpc) is 2.21. The Hall–Kier alpha value is -0.620. The quantitative estimate of drug-likeness (QED) is 0.482. The summed E-state index contributed by atoms with van der Waals surface area (Å²) in [7, 11) is -3.58. The number of carbonyl (C=O) groups excluding carboxylic acids is 1. The molecule has 0 heterocycles. The summed E-state index contributed by atoms with van der Waals surface area (Å²) in [4.78, 5) is 10.9. The molecule has 0 N–H and O–H groups in total. The number of hydrogen-bond acceptors (Lipinski definition) is 5. The Labute approximate surface area is 129 Å². The summed E-state index contributed by atoms with van der Waals surface area (Å²) >= 11 is 0. The largest absolute Gasteiger partial charge is 0.463 e. The molecule has 0 bridgehead atoms. The first-order chi connectivity index (χ1) is 9.26. The standard InChI is InChI=1S/C15H30O5S/c1-8-14(3,4)11-15(5,6)9-13(10-19-12(2)16)20-21(7,17)18/h13H,8-11H2,1-7H3. The van der Waals surface area contributed by atoms with Crippen molar-refractivity contribution in [2.24, 2.45) is 10.8 Å². The van der Waals surface area contributed by atoms with Crippen LogP contribution >= 0.6 is 0 Å². The zero-order valence-corrected chi connectivity index (χ0v) is 15.2. The molecule has 0 saturated carbocycles. The first kappa shape index (κ1) is 20.4. The Morgan fingerprint density at radius 1 is 1.14 bits per heavy atom. The second kappa shape index (κ2) is 7.58. The predicted molar refractivity (Wildman–Crippen MR) is 83.4 cm³/mol. The van der Waals surface area contributed by atoms with E-state index < -0.39 is 22.2 Å². The van der Waals surface area contributed by atoms with Crippen molar-refractivity contribution in [1.82, 2.24) is 0 Å². The van der Waals surface area contributed by atoms with Crippen molar-refractivity contribution < 1.29 is 22.1 Å². The summed E-state index contributed by atoms with van der Waals surface area (Å²) in [5, 5.41) is 0. The molecule has 0 spiro atoms. The molecule has 21 heavy (non-hydrogen) atoms. The minimum Gasteiger partial charge on any atom is -0.463 e. The van der Waals surface area contributed by atoms with E-state index in [1.807, 2.05) is 0 Å². The van der Waals surface area contributed by atoms with E-state index in [0.717, 1.165) is 19.1 Å². The molecule has 1 unspecified atom stereocenters. The molecular formula is C15H30O5S. The number of esters is 1. The molecule has 6 heteroatoms. The summed E-state index contributed by atoms with van der Waals surface area (Å²) < 4.78 is 32.7. The molecule has 0 rings (SSSR count). The lowest BCUT2D eigenvalue weighted by molar-refractivity contribution is -0.143. The van der Waals surface area contributed by atoms with Gasteiger partial charge in [0.15, 0.2) is 0 Å². The molecule has 0 aromatic rings. The first-order valence-electron chi connectivity index (χ1n) is 7.28. The van der Waals surface area contributed by atoms with Gasteiger partial charge in [-0.15, -0.1) is 0 Å². The number of ether oxygens (including phenoxy) is 1. The van der Waals surface area contributed by atoms with Crippen LogP contribution < -0.4 is 0 Å². The Morgan fingerprint density at radius 2 is 1.67 bits per heavy atom. The van der Waals surface area contributed by atoms with Crippen molar-refractivity contribution in [3.63, 3.8) is 0 Å². The van der Waals surface area contributed by atoms with E-state index in [1.54, 1.807) is 0 Å². The van der Waals surface area contributed by atoms with Crippen LogP contribution in [0.5, 0.6) is 0 Å². The minimum absolute atomic E-state index is 0.0433. The smallest absolute Gasteiger partial charge is 0.302 e. The van der Waals surface area contributed by atoms with Crippen molar-refractivity contribution in [2.75, 3.05) is 12.9 Å². The molecule has 0 aliphatic heterocycles. The topological polar surface area (TPSA) is 69.7 Å². The van der Waals surface area contributed by atoms with Gasteiger partial charge in [-0.05, 0) is 23.7 Å². The highest BCUT2D eigenvalue weighted by molar-refractivity contribution is 7.86. The fourth-order valence-corrected chi connectivity index (χ4v) is 3.31. The van der Waals surface area contributed by atoms with Gasteiger partial charge in [-0.2, -0.15) is 8.42 Å². The summed E-state index contributed by atoms with van der Waals surface area (Å²) in [6, 6.07) is 0. The fourth-order valence-electron chi connectivity index (χ4n) is 2.69. The maximum atomic E-state index is 11.4. The van der Waals surface area contributed by atoms with Gasteiger partial charge in [-0.1, -0.05) is 41.0 Å². The molecule has 0 saturated heterocycles. The van der Waals surface area contributed by atoms with Crippen LogP contribution in [-0.4, -0.2) is 33.4 Å². The lowest BCUT2D eigenvalue weighted by Crippen LogP contribution is -2.32. The van der Waals surface area contributed by atoms with Crippen molar-refractivity contribution in [1.29, 1.82) is 0 Å². The number of rotatable bonds is 9. The summed E-state index contributed by atoms with van der Waals surface area (Å²) in [5.74, 6) is -0.441. The van der Waals surface area contributed by atoms with Gasteiger partial charge < -0.3 is 4.74 Å². The van der Waals surface area contributed by atoms with Crippen LogP contribution in [0.15, 0.2) is 0 Å². The first-order valence-corrected chi connectivity index (χ1v) is 9.10. The van der Waals surface area contributed by atoms with Gasteiger partial charge in [-0.25, -0.2) is 0 Å². The Kier molecular flexibility index (Phi) is 7.36. The Morgan fingerprint density at radius 3 is 2.05 bits per heavy atom. The van der Waals surface area contributed by atoms with Gasteiger partial charge in [0.2, 0.25) is 0 Å². The molecule has 0 amide bonds. The summed E-state index contributed by atoms with van der Waals surface area (Å²) in [6.07, 6.45) is 2.85. The zero-order chi connectivity index (χ0) is 16.9. The average molecular weight is 322 g/mol. The highest BCUT2D eigenvalue weighted by Gasteiger charge is 2.32. The lowest BCUT2D eigenvalue weighted by Gasteiger charge is -2.36. The third-order valence-electron chi connectivity index (χ3n) is 3.48. The lowest BCUT2D eigenvalue weighted by atomic mass is 9.71. The maximum Gasteiger partial charge on any atom is 0.302 e. The monoisotopic (exact) mass is 322 g/mol. The molecule has 1 atom stereocenters. The summed E-state index contributed by atoms with van der Waals surface area (Å²) in [6.45, 7) is 11.9. The van der Waals surface area contributed by atoms with E-state index in [4.69, 9.17) is 8.92 Å². The molecule has 126 valence electrons. The molecule has 5 nitrogen and oxygen atoms in total. The SMILES string of the molecule is CCC(C)(C)CC(C)(C)CC(COC(C)=O)OS(C)(=O)=O. The van der Waals surface area contributed by atoms with Crippen molar-refractivity contribution in [3.8, 4) is 0 Å². The maximum absolute atomic E-state index is 11.4. The minimum atomic E-state index is -3.58. The van der Waals surface area contributed by atoms with E-state index in [-0.39, 0.29) is 17.4 Å². The van der Waals surface area contributed by atoms with Crippen LogP contribution in [-0.2, 0) is 23.8 Å². The van der Waals surface area contributed by atoms with Crippen LogP contribution in [0.2, 0.25) is 0 Å². The fraction of sp³-hybridized carbons (Fsp3) is 0.933. The number of carbonyl (C=O) groups is 1. The van der Waals surface area contributed by atoms with Crippen molar-refractivity contribution >= 4 is 16.1 Å². The Bertz CT molecular complexity index is 437. The van der Waals surface area contributed by atoms with Gasteiger partial charge in [0, 0.05) is 6.92 Å². The van der Waals surface area contributed by atoms with Crippen LogP contribution in [0.1, 0.15) is 60.8 Å². The second-order valence-corrected chi connectivity index (χ2v) is 8.89. The van der Waals surface area contributed by atoms with E-state index in [2.05, 4.69) is 34.6 Å². The number of hydrogen-bond donors (Lipinski definition) is 0. The third kappa shape index (κ3) is 10.7. The molecule has 0 aromatic carbocycles. The van der Waals surface area contributed by atoms with E-state index in [9.17, 15) is 13.2 Å². The van der Waals surface area contributed by atoms with Gasteiger partial charge in [-0.3, -0.25) is 8.98 Å². The normalized spacial score (nSPS) is 14.8. The summed E-state index contributed by atoms with van der Waals surface area (Å²) in [5.41, 5.74) is 0.0512. The molecule has 0 aliphatic rings. The van der Waals surface area contributed by atoms with Crippen molar-refractivity contribution in [2.45, 2.75) is 66.9 Å². The van der Waals surface area contributed by atoms with E-state index >= 15 is 0 Å². The van der Waals surface area contributed by atoms with Gasteiger partial charge in [0.1, 0.15) is 12.7 Å². The van der Waals surface area contributed by atoms with Crippen LogP contribution in [0.3, 0.4) is 0 Å². The van der Waals surface area contributed by atoms with E-state index in [1.165, 1.54) is 6.92 Å². The van der Waals surface area contributed by atoms with Crippen molar-refractivity contribution in [3.05, 3.63) is 0 Å². The van der Waals surface area contributed by atoms with Crippen LogP contribution in [0.25, 0.3) is 0 Å². The van der Waals surface area contributed by atoms with Gasteiger partial charge in [0.25, 0.3) is 10.1 Å².